The molecule has 0 radical (unpaired) electrons. The van der Waals surface area contributed by atoms with Crippen LogP contribution in [0.15, 0.2) is 60.2 Å². The summed E-state index contributed by atoms with van der Waals surface area (Å²) in [5, 5.41) is 10.9. The van der Waals surface area contributed by atoms with Gasteiger partial charge in [-0.15, -0.1) is 0 Å². The van der Waals surface area contributed by atoms with Crippen LogP contribution in [0.2, 0.25) is 0 Å². The van der Waals surface area contributed by atoms with Gasteiger partial charge in [-0.25, -0.2) is 9.69 Å². The number of carbonyl (C=O) groups is 2. The van der Waals surface area contributed by atoms with Gasteiger partial charge in [-0.1, -0.05) is 42.5 Å². The molecule has 1 fully saturated rings. The average molecular weight is 413 g/mol. The average Bonchev–Trinajstić information content (AvgIpc) is 2.99. The molecule has 160 valence electrons. The Hall–Kier alpha value is -2.90. The predicted octanol–water partition coefficient (Wildman–Crippen LogP) is 3.31. The van der Waals surface area contributed by atoms with Crippen molar-refractivity contribution in [3.63, 3.8) is 0 Å². The van der Waals surface area contributed by atoms with Crippen molar-refractivity contribution in [2.75, 3.05) is 19.8 Å². The third-order valence-corrected chi connectivity index (χ3v) is 4.63. The summed E-state index contributed by atoms with van der Waals surface area (Å²) < 4.78 is 16.4. The molecule has 7 heteroatoms. The zero-order valence-electron chi connectivity index (χ0n) is 17.2. The van der Waals surface area contributed by atoms with Crippen molar-refractivity contribution >= 4 is 12.0 Å². The van der Waals surface area contributed by atoms with Crippen molar-refractivity contribution in [2.24, 2.45) is 0 Å². The fourth-order valence-corrected chi connectivity index (χ4v) is 3.16. The Morgan fingerprint density at radius 3 is 2.87 bits per heavy atom. The van der Waals surface area contributed by atoms with Crippen LogP contribution in [0.3, 0.4) is 0 Å². The second-order valence-electron chi connectivity index (χ2n) is 7.32. The first kappa shape index (κ1) is 21.8. The number of amides is 2. The molecule has 2 aliphatic rings. The molecule has 2 atom stereocenters. The first-order valence-electron chi connectivity index (χ1n) is 10.0. The van der Waals surface area contributed by atoms with E-state index in [2.05, 4.69) is 12.2 Å². The summed E-state index contributed by atoms with van der Waals surface area (Å²) in [6.45, 7) is 4.18. The molecule has 0 spiro atoms. The number of nitrogens with zero attached hydrogens (tertiary/aromatic N) is 1. The number of cyclic esters (lactones) is 1. The molecule has 30 heavy (non-hydrogen) atoms. The topological polar surface area (TPSA) is 85.3 Å². The Balaban J connectivity index is 1.74. The molecular formula is C23H27NO6. The lowest BCUT2D eigenvalue weighted by molar-refractivity contribution is -0.152. The van der Waals surface area contributed by atoms with Crippen LogP contribution >= 0.6 is 0 Å². The van der Waals surface area contributed by atoms with Crippen molar-refractivity contribution in [1.82, 2.24) is 4.90 Å². The molecule has 1 aliphatic carbocycles. The molecule has 0 aromatic heterocycles. The Morgan fingerprint density at radius 1 is 1.30 bits per heavy atom. The normalized spacial score (nSPS) is 18.1. The largest absolute Gasteiger partial charge is 0.489 e. The lowest BCUT2D eigenvalue weighted by Gasteiger charge is -2.27. The Kier molecular flexibility index (Phi) is 7.43. The van der Waals surface area contributed by atoms with Crippen LogP contribution in [-0.2, 0) is 14.3 Å². The van der Waals surface area contributed by atoms with Gasteiger partial charge in [0.15, 0.2) is 6.10 Å². The summed E-state index contributed by atoms with van der Waals surface area (Å²) in [7, 11) is 0. The molecule has 3 rings (SSSR count). The Labute approximate surface area is 176 Å². The van der Waals surface area contributed by atoms with Crippen molar-refractivity contribution in [3.05, 3.63) is 65.8 Å². The quantitative estimate of drug-likeness (QED) is 0.704. The van der Waals surface area contributed by atoms with E-state index in [9.17, 15) is 14.7 Å². The van der Waals surface area contributed by atoms with Crippen LogP contribution in [0.4, 0.5) is 4.79 Å². The van der Waals surface area contributed by atoms with Crippen LogP contribution < -0.4 is 4.74 Å². The fraction of sp³-hybridized carbons (Fsp3) is 0.391. The highest BCUT2D eigenvalue weighted by Crippen LogP contribution is 2.26. The van der Waals surface area contributed by atoms with Crippen LogP contribution in [-0.4, -0.2) is 54.0 Å². The van der Waals surface area contributed by atoms with Gasteiger partial charge in [0.1, 0.15) is 25.1 Å². The van der Waals surface area contributed by atoms with Crippen molar-refractivity contribution in [1.29, 1.82) is 0 Å². The number of aliphatic hydroxyl groups excluding tert-OH is 1. The smallest absolute Gasteiger partial charge is 0.416 e. The highest BCUT2D eigenvalue weighted by atomic mass is 16.6. The molecule has 0 bridgehead atoms. The predicted molar refractivity (Wildman–Crippen MR) is 111 cm³/mol. The van der Waals surface area contributed by atoms with E-state index in [1.807, 2.05) is 18.2 Å². The zero-order valence-corrected chi connectivity index (χ0v) is 17.2. The molecule has 1 aliphatic heterocycles. The first-order valence-corrected chi connectivity index (χ1v) is 10.0. The molecule has 1 aromatic rings. The highest BCUT2D eigenvalue weighted by Gasteiger charge is 2.39. The van der Waals surface area contributed by atoms with Crippen LogP contribution in [0, 0.1) is 0 Å². The number of benzene rings is 1. The molecule has 1 saturated heterocycles. The molecule has 1 aromatic carbocycles. The van der Waals surface area contributed by atoms with Gasteiger partial charge in [0.2, 0.25) is 0 Å². The molecule has 1 N–H and O–H groups in total. The summed E-state index contributed by atoms with van der Waals surface area (Å²) in [6, 6.07) is 6.89. The van der Waals surface area contributed by atoms with E-state index in [1.165, 1.54) is 0 Å². The highest BCUT2D eigenvalue weighted by molar-refractivity contribution is 5.95. The maximum absolute atomic E-state index is 12.8. The number of aliphatic hydroxyl groups is 1. The van der Waals surface area contributed by atoms with Gasteiger partial charge in [0, 0.05) is 0 Å². The maximum Gasteiger partial charge on any atom is 0.416 e. The van der Waals surface area contributed by atoms with Crippen molar-refractivity contribution < 1.29 is 28.9 Å². The number of ether oxygens (including phenoxy) is 3. The van der Waals surface area contributed by atoms with E-state index in [-0.39, 0.29) is 19.3 Å². The van der Waals surface area contributed by atoms with Gasteiger partial charge >= 0.3 is 6.09 Å². The lowest BCUT2D eigenvalue weighted by atomic mass is 10.0. The third-order valence-electron chi connectivity index (χ3n) is 4.63. The SMILES string of the molecule is CC(C)OC(C(=O)N1CCOC1=O)C(O)c1cccc(OCC2=CC=CCC=C2)c1. The minimum Gasteiger partial charge on any atom is -0.489 e. The summed E-state index contributed by atoms with van der Waals surface area (Å²) >= 11 is 0. The summed E-state index contributed by atoms with van der Waals surface area (Å²) in [4.78, 5) is 25.6. The second kappa shape index (κ2) is 10.2. The van der Waals surface area contributed by atoms with E-state index in [0.717, 1.165) is 16.9 Å². The van der Waals surface area contributed by atoms with E-state index in [0.29, 0.717) is 17.9 Å². The van der Waals surface area contributed by atoms with Crippen molar-refractivity contribution in [2.45, 2.75) is 38.6 Å². The van der Waals surface area contributed by atoms with Crippen LogP contribution in [0.5, 0.6) is 5.75 Å². The molecule has 2 amide bonds. The van der Waals surface area contributed by atoms with E-state index >= 15 is 0 Å². The van der Waals surface area contributed by atoms with Crippen molar-refractivity contribution in [3.8, 4) is 5.75 Å². The van der Waals surface area contributed by atoms with Gasteiger partial charge < -0.3 is 19.3 Å². The van der Waals surface area contributed by atoms with Gasteiger partial charge in [0.05, 0.1) is 12.6 Å². The number of imide groups is 1. The maximum atomic E-state index is 12.8. The first-order chi connectivity index (χ1) is 14.5. The minimum absolute atomic E-state index is 0.137. The molecule has 0 saturated carbocycles. The summed E-state index contributed by atoms with van der Waals surface area (Å²) in [5.41, 5.74) is 1.49. The second-order valence-corrected chi connectivity index (χ2v) is 7.32. The molecule has 1 heterocycles. The number of hydrogen-bond acceptors (Lipinski definition) is 6. The van der Waals surface area contributed by atoms with Crippen LogP contribution in [0.25, 0.3) is 0 Å². The van der Waals surface area contributed by atoms with E-state index in [1.54, 1.807) is 38.1 Å². The fourth-order valence-electron chi connectivity index (χ4n) is 3.16. The zero-order chi connectivity index (χ0) is 21.5. The van der Waals surface area contributed by atoms with Gasteiger partial charge in [-0.05, 0) is 43.5 Å². The molecule has 2 unspecified atom stereocenters. The standard InChI is InChI=1S/C23H27NO6/c1-16(2)30-21(22(26)24-12-13-28-23(24)27)20(25)18-10-7-11-19(14-18)29-15-17-8-5-3-4-6-9-17/h3,5-11,14,16,20-21,25H,4,12-13,15H2,1-2H3. The lowest BCUT2D eigenvalue weighted by Crippen LogP contribution is -2.45. The summed E-state index contributed by atoms with van der Waals surface area (Å²) in [5.74, 6) is -0.0593. The van der Waals surface area contributed by atoms with E-state index < -0.39 is 24.2 Å². The monoisotopic (exact) mass is 413 g/mol. The van der Waals surface area contributed by atoms with Crippen LogP contribution in [0.1, 0.15) is 31.9 Å². The third kappa shape index (κ3) is 5.58. The van der Waals surface area contributed by atoms with E-state index in [4.69, 9.17) is 14.2 Å². The summed E-state index contributed by atoms with van der Waals surface area (Å²) in [6.07, 6.45) is 7.44. The van der Waals surface area contributed by atoms with Gasteiger partial charge in [0.25, 0.3) is 5.91 Å². The number of allylic oxidation sites excluding steroid dienone is 4. The Morgan fingerprint density at radius 2 is 2.13 bits per heavy atom. The minimum atomic E-state index is -1.27. The molecular weight excluding hydrogens is 386 g/mol. The Bertz CT molecular complexity index is 857. The van der Waals surface area contributed by atoms with Gasteiger partial charge in [-0.2, -0.15) is 0 Å². The number of carbonyl (C=O) groups excluding carboxylic acids is 2. The van der Waals surface area contributed by atoms with Gasteiger partial charge in [-0.3, -0.25) is 4.79 Å². The number of rotatable bonds is 8. The number of hydrogen-bond donors (Lipinski definition) is 1. The molecule has 7 nitrogen and oxygen atoms in total.